The van der Waals surface area contributed by atoms with Crippen molar-refractivity contribution < 1.29 is 4.79 Å². The first-order valence-corrected chi connectivity index (χ1v) is 7.29. The van der Waals surface area contributed by atoms with Crippen molar-refractivity contribution in [2.45, 2.75) is 47.0 Å². The standard InChI is InChI=1S/C17H25NO/c1-5-13-10-14-8-6-7-9-15(14)18(12-13)16(19)11-17(2,3)4/h6-9,13H,5,10-12H2,1-4H3. The molecule has 1 amide bonds. The van der Waals surface area contributed by atoms with Crippen molar-refractivity contribution in [1.29, 1.82) is 0 Å². The molecule has 0 saturated heterocycles. The molecule has 2 nitrogen and oxygen atoms in total. The number of fused-ring (bicyclic) bond motifs is 1. The summed E-state index contributed by atoms with van der Waals surface area (Å²) in [7, 11) is 0. The van der Waals surface area contributed by atoms with Crippen LogP contribution in [0.25, 0.3) is 0 Å². The lowest BCUT2D eigenvalue weighted by Crippen LogP contribution is -2.41. The number of nitrogens with zero attached hydrogens (tertiary/aromatic N) is 1. The number of benzene rings is 1. The first-order chi connectivity index (χ1) is 8.90. The van der Waals surface area contributed by atoms with Gasteiger partial charge in [0.25, 0.3) is 0 Å². The van der Waals surface area contributed by atoms with Gasteiger partial charge in [-0.15, -0.1) is 0 Å². The minimum absolute atomic E-state index is 0.0468. The normalized spacial score (nSPS) is 19.2. The molecule has 1 aliphatic rings. The van der Waals surface area contributed by atoms with Crippen LogP contribution < -0.4 is 4.90 Å². The minimum Gasteiger partial charge on any atom is -0.312 e. The van der Waals surface area contributed by atoms with Crippen molar-refractivity contribution >= 4 is 11.6 Å². The Morgan fingerprint density at radius 1 is 1.32 bits per heavy atom. The fraction of sp³-hybridized carbons (Fsp3) is 0.588. The summed E-state index contributed by atoms with van der Waals surface area (Å²) >= 11 is 0. The van der Waals surface area contributed by atoms with Crippen molar-refractivity contribution in [2.24, 2.45) is 11.3 Å². The second-order valence-corrected chi connectivity index (χ2v) is 6.85. The molecule has 0 bridgehead atoms. The third-order valence-corrected chi connectivity index (χ3v) is 3.79. The highest BCUT2D eigenvalue weighted by atomic mass is 16.2. The van der Waals surface area contributed by atoms with E-state index < -0.39 is 0 Å². The van der Waals surface area contributed by atoms with E-state index >= 15 is 0 Å². The molecule has 0 saturated carbocycles. The fourth-order valence-corrected chi connectivity index (χ4v) is 2.74. The van der Waals surface area contributed by atoms with Gasteiger partial charge in [0.1, 0.15) is 0 Å². The van der Waals surface area contributed by atoms with Crippen molar-refractivity contribution in [1.82, 2.24) is 0 Å². The average Bonchev–Trinajstić information content (AvgIpc) is 2.35. The molecule has 0 fully saturated rings. The Hall–Kier alpha value is -1.31. The van der Waals surface area contributed by atoms with Gasteiger partial charge >= 0.3 is 0 Å². The molecule has 1 aliphatic heterocycles. The zero-order chi connectivity index (χ0) is 14.0. The van der Waals surface area contributed by atoms with Crippen LogP contribution in [-0.2, 0) is 11.2 Å². The van der Waals surface area contributed by atoms with Crippen LogP contribution in [0.5, 0.6) is 0 Å². The fourth-order valence-electron chi connectivity index (χ4n) is 2.74. The van der Waals surface area contributed by atoms with Gasteiger partial charge in [-0.1, -0.05) is 52.3 Å². The lowest BCUT2D eigenvalue weighted by Gasteiger charge is -2.35. The maximum absolute atomic E-state index is 12.6. The molecule has 0 spiro atoms. The van der Waals surface area contributed by atoms with Crippen LogP contribution in [0, 0.1) is 11.3 Å². The van der Waals surface area contributed by atoms with Gasteiger partial charge in [0.2, 0.25) is 5.91 Å². The number of anilines is 1. The summed E-state index contributed by atoms with van der Waals surface area (Å²) in [6, 6.07) is 8.35. The van der Waals surface area contributed by atoms with Crippen molar-refractivity contribution in [3.63, 3.8) is 0 Å². The third kappa shape index (κ3) is 3.37. The molecule has 1 aromatic rings. The summed E-state index contributed by atoms with van der Waals surface area (Å²) in [4.78, 5) is 14.6. The molecule has 1 heterocycles. The largest absolute Gasteiger partial charge is 0.312 e. The predicted molar refractivity (Wildman–Crippen MR) is 80.4 cm³/mol. The van der Waals surface area contributed by atoms with Crippen molar-refractivity contribution in [3.05, 3.63) is 29.8 Å². The number of carbonyl (C=O) groups excluding carboxylic acids is 1. The van der Waals surface area contributed by atoms with Gasteiger partial charge in [0.05, 0.1) is 0 Å². The van der Waals surface area contributed by atoms with E-state index in [2.05, 4.69) is 45.9 Å². The highest BCUT2D eigenvalue weighted by Gasteiger charge is 2.29. The number of carbonyl (C=O) groups is 1. The second-order valence-electron chi connectivity index (χ2n) is 6.85. The van der Waals surface area contributed by atoms with Gasteiger partial charge < -0.3 is 4.90 Å². The summed E-state index contributed by atoms with van der Waals surface area (Å²) in [6.07, 6.45) is 2.84. The molecule has 1 unspecified atom stereocenters. The zero-order valence-corrected chi connectivity index (χ0v) is 12.6. The Morgan fingerprint density at radius 2 is 2.00 bits per heavy atom. The Balaban J connectivity index is 2.27. The Bertz CT molecular complexity index is 459. The highest BCUT2D eigenvalue weighted by molar-refractivity contribution is 5.95. The summed E-state index contributed by atoms with van der Waals surface area (Å²) in [5.41, 5.74) is 2.50. The van der Waals surface area contributed by atoms with Crippen molar-refractivity contribution in [2.75, 3.05) is 11.4 Å². The molecule has 0 N–H and O–H groups in total. The van der Waals surface area contributed by atoms with Crippen LogP contribution in [0.3, 0.4) is 0 Å². The molecular weight excluding hydrogens is 234 g/mol. The lowest BCUT2D eigenvalue weighted by atomic mass is 9.88. The molecule has 0 radical (unpaired) electrons. The molecule has 0 aromatic heterocycles. The Kier molecular flexibility index (Phi) is 3.98. The van der Waals surface area contributed by atoms with E-state index in [0.29, 0.717) is 12.3 Å². The topological polar surface area (TPSA) is 20.3 Å². The van der Waals surface area contributed by atoms with E-state index in [1.807, 2.05) is 11.0 Å². The van der Waals surface area contributed by atoms with Crippen LogP contribution in [0.2, 0.25) is 0 Å². The van der Waals surface area contributed by atoms with Crippen LogP contribution in [0.15, 0.2) is 24.3 Å². The zero-order valence-electron chi connectivity index (χ0n) is 12.6. The first kappa shape index (κ1) is 14.1. The van der Waals surface area contributed by atoms with E-state index in [9.17, 15) is 4.79 Å². The lowest BCUT2D eigenvalue weighted by molar-refractivity contribution is -0.120. The smallest absolute Gasteiger partial charge is 0.227 e. The van der Waals surface area contributed by atoms with Crippen molar-refractivity contribution in [3.8, 4) is 0 Å². The quantitative estimate of drug-likeness (QED) is 0.785. The van der Waals surface area contributed by atoms with Gasteiger partial charge in [-0.05, 0) is 29.4 Å². The van der Waals surface area contributed by atoms with Crippen LogP contribution in [0.1, 0.15) is 46.1 Å². The van der Waals surface area contributed by atoms with Crippen LogP contribution in [0.4, 0.5) is 5.69 Å². The monoisotopic (exact) mass is 259 g/mol. The number of para-hydroxylation sites is 1. The van der Waals surface area contributed by atoms with Gasteiger partial charge in [0, 0.05) is 18.7 Å². The number of hydrogen-bond acceptors (Lipinski definition) is 1. The average molecular weight is 259 g/mol. The van der Waals surface area contributed by atoms with E-state index in [1.54, 1.807) is 0 Å². The number of amides is 1. The van der Waals surface area contributed by atoms with E-state index in [-0.39, 0.29) is 11.3 Å². The molecule has 1 atom stereocenters. The van der Waals surface area contributed by atoms with E-state index in [4.69, 9.17) is 0 Å². The van der Waals surface area contributed by atoms with Gasteiger partial charge in [0.15, 0.2) is 0 Å². The van der Waals surface area contributed by atoms with E-state index in [0.717, 1.165) is 25.1 Å². The molecule has 104 valence electrons. The van der Waals surface area contributed by atoms with Crippen LogP contribution >= 0.6 is 0 Å². The maximum atomic E-state index is 12.6. The van der Waals surface area contributed by atoms with E-state index in [1.165, 1.54) is 5.56 Å². The predicted octanol–water partition coefficient (Wildman–Crippen LogP) is 4.04. The summed E-state index contributed by atoms with van der Waals surface area (Å²) in [5, 5.41) is 0. The first-order valence-electron chi connectivity index (χ1n) is 7.29. The molecule has 19 heavy (non-hydrogen) atoms. The SMILES string of the molecule is CCC1Cc2ccccc2N(C(=O)CC(C)(C)C)C1. The summed E-state index contributed by atoms with van der Waals surface area (Å²) < 4.78 is 0. The molecule has 1 aromatic carbocycles. The number of hydrogen-bond donors (Lipinski definition) is 0. The molecule has 2 rings (SSSR count). The number of rotatable bonds is 2. The Labute approximate surface area is 116 Å². The van der Waals surface area contributed by atoms with Gasteiger partial charge in [-0.25, -0.2) is 0 Å². The Morgan fingerprint density at radius 3 is 2.63 bits per heavy atom. The van der Waals surface area contributed by atoms with Crippen LogP contribution in [-0.4, -0.2) is 12.5 Å². The molecular formula is C17H25NO. The molecule has 2 heteroatoms. The second kappa shape index (κ2) is 5.36. The van der Waals surface area contributed by atoms with Gasteiger partial charge in [-0.2, -0.15) is 0 Å². The van der Waals surface area contributed by atoms with Gasteiger partial charge in [-0.3, -0.25) is 4.79 Å². The highest BCUT2D eigenvalue weighted by Crippen LogP contribution is 2.32. The molecule has 0 aliphatic carbocycles. The maximum Gasteiger partial charge on any atom is 0.227 e. The minimum atomic E-state index is 0.0468. The third-order valence-electron chi connectivity index (χ3n) is 3.79. The summed E-state index contributed by atoms with van der Waals surface area (Å²) in [5.74, 6) is 0.858. The summed E-state index contributed by atoms with van der Waals surface area (Å²) in [6.45, 7) is 9.46.